The van der Waals surface area contributed by atoms with Gasteiger partial charge in [-0.05, 0) is 41.8 Å². The van der Waals surface area contributed by atoms with Crippen LogP contribution in [0.5, 0.6) is 11.5 Å². The van der Waals surface area contributed by atoms with Crippen LogP contribution in [-0.2, 0) is 6.42 Å². The number of hydrogen-bond donors (Lipinski definition) is 0. The first kappa shape index (κ1) is 12.5. The summed E-state index contributed by atoms with van der Waals surface area (Å²) in [6.07, 6.45) is 3.96. The van der Waals surface area contributed by atoms with Gasteiger partial charge in [0, 0.05) is 0 Å². The number of nitrogens with zero attached hydrogens (tertiary/aromatic N) is 2. The topological polar surface area (TPSA) is 66.0 Å². The Balaban J connectivity index is 2.17. The number of hydrogen-bond acceptors (Lipinski definition) is 4. The van der Waals surface area contributed by atoms with Crippen LogP contribution < -0.4 is 9.47 Å². The molecule has 0 fully saturated rings. The third-order valence-electron chi connectivity index (χ3n) is 2.53. The van der Waals surface area contributed by atoms with Crippen LogP contribution in [0.3, 0.4) is 0 Å². The minimum absolute atomic E-state index is 0.518. The van der Waals surface area contributed by atoms with Crippen LogP contribution in [0.25, 0.3) is 0 Å². The van der Waals surface area contributed by atoms with Crippen molar-refractivity contribution >= 4 is 0 Å². The summed E-state index contributed by atoms with van der Waals surface area (Å²) in [6.45, 7) is 0. The third-order valence-corrected chi connectivity index (χ3v) is 2.53. The first-order valence-electron chi connectivity index (χ1n) is 5.61. The van der Waals surface area contributed by atoms with Crippen molar-refractivity contribution in [2.24, 2.45) is 0 Å². The number of rotatable bonds is 4. The molecule has 0 radical (unpaired) electrons. The molecule has 0 aromatic heterocycles. The maximum Gasteiger partial charge on any atom is 0.292 e. The average Bonchev–Trinajstić information content (AvgIpc) is 2.40. The van der Waals surface area contributed by atoms with E-state index < -0.39 is 0 Å². The lowest BCUT2D eigenvalue weighted by molar-refractivity contribution is 0.506. The SMILES string of the molecule is N#COc1cccc(Cc2cccc(OC#N)c2)c1. The van der Waals surface area contributed by atoms with Crippen molar-refractivity contribution < 1.29 is 9.47 Å². The van der Waals surface area contributed by atoms with E-state index in [9.17, 15) is 0 Å². The van der Waals surface area contributed by atoms with Gasteiger partial charge >= 0.3 is 0 Å². The van der Waals surface area contributed by atoms with Crippen LogP contribution in [0, 0.1) is 23.0 Å². The predicted octanol–water partition coefficient (Wildman–Crippen LogP) is 3.00. The summed E-state index contributed by atoms with van der Waals surface area (Å²) in [5.74, 6) is 1.04. The van der Waals surface area contributed by atoms with Crippen molar-refractivity contribution in [1.82, 2.24) is 0 Å². The van der Waals surface area contributed by atoms with Crippen molar-refractivity contribution in [3.05, 3.63) is 59.7 Å². The van der Waals surface area contributed by atoms with Crippen LogP contribution in [0.1, 0.15) is 11.1 Å². The molecule has 92 valence electrons. The Morgan fingerprint density at radius 3 is 1.68 bits per heavy atom. The standard InChI is InChI=1S/C15H10N2O2/c16-10-18-14-5-1-3-12(8-14)7-13-4-2-6-15(9-13)19-11-17/h1-6,8-9H,7H2. The molecule has 0 aliphatic heterocycles. The lowest BCUT2D eigenvalue weighted by atomic mass is 10.0. The van der Waals surface area contributed by atoms with Crippen LogP contribution in [-0.4, -0.2) is 0 Å². The number of ether oxygens (including phenoxy) is 2. The van der Waals surface area contributed by atoms with E-state index in [1.807, 2.05) is 24.3 Å². The zero-order valence-corrected chi connectivity index (χ0v) is 10.0. The fourth-order valence-electron chi connectivity index (χ4n) is 1.78. The molecule has 0 amide bonds. The van der Waals surface area contributed by atoms with Crippen LogP contribution in [0.2, 0.25) is 0 Å². The van der Waals surface area contributed by atoms with Gasteiger partial charge in [-0.3, -0.25) is 0 Å². The summed E-state index contributed by atoms with van der Waals surface area (Å²) in [5.41, 5.74) is 2.03. The van der Waals surface area contributed by atoms with E-state index in [-0.39, 0.29) is 0 Å². The van der Waals surface area contributed by atoms with Crippen LogP contribution >= 0.6 is 0 Å². The third kappa shape index (κ3) is 3.49. The summed E-state index contributed by atoms with van der Waals surface area (Å²) in [4.78, 5) is 0. The molecule has 0 aliphatic rings. The van der Waals surface area contributed by atoms with Crippen molar-refractivity contribution in [3.8, 4) is 24.0 Å². The van der Waals surface area contributed by atoms with Crippen molar-refractivity contribution in [1.29, 1.82) is 10.5 Å². The molecule has 2 aromatic carbocycles. The summed E-state index contributed by atoms with van der Waals surface area (Å²) in [7, 11) is 0. The van der Waals surface area contributed by atoms with Gasteiger partial charge in [0.15, 0.2) is 0 Å². The van der Waals surface area contributed by atoms with Crippen LogP contribution in [0.4, 0.5) is 0 Å². The largest absolute Gasteiger partial charge is 0.388 e. The Hall–Kier alpha value is -2.98. The van der Waals surface area contributed by atoms with E-state index >= 15 is 0 Å². The number of nitriles is 2. The van der Waals surface area contributed by atoms with Gasteiger partial charge < -0.3 is 9.47 Å². The maximum atomic E-state index is 8.48. The molecule has 4 heteroatoms. The van der Waals surface area contributed by atoms with Crippen molar-refractivity contribution in [2.75, 3.05) is 0 Å². The van der Waals surface area contributed by atoms with E-state index in [0.717, 1.165) is 11.1 Å². The van der Waals surface area contributed by atoms with E-state index in [1.54, 1.807) is 36.8 Å². The quantitative estimate of drug-likeness (QED) is 0.782. The Bertz CT molecular complexity index is 596. The molecule has 0 N–H and O–H groups in total. The Morgan fingerprint density at radius 1 is 0.789 bits per heavy atom. The summed E-state index contributed by atoms with van der Waals surface area (Å²) in [6, 6.07) is 14.6. The van der Waals surface area contributed by atoms with Gasteiger partial charge in [0.1, 0.15) is 11.5 Å². The molecular formula is C15H10N2O2. The lowest BCUT2D eigenvalue weighted by Crippen LogP contribution is -1.91. The second-order valence-electron chi connectivity index (χ2n) is 3.86. The average molecular weight is 250 g/mol. The van der Waals surface area contributed by atoms with Gasteiger partial charge in [-0.1, -0.05) is 24.3 Å². The molecule has 0 unspecified atom stereocenters. The van der Waals surface area contributed by atoms with Gasteiger partial charge in [-0.2, -0.15) is 0 Å². The zero-order valence-electron chi connectivity index (χ0n) is 10.0. The highest BCUT2D eigenvalue weighted by atomic mass is 16.5. The first-order valence-corrected chi connectivity index (χ1v) is 5.61. The fourth-order valence-corrected chi connectivity index (χ4v) is 1.78. The summed E-state index contributed by atoms with van der Waals surface area (Å²) >= 11 is 0. The predicted molar refractivity (Wildman–Crippen MR) is 68.2 cm³/mol. The molecule has 0 aliphatic carbocycles. The molecule has 0 bridgehead atoms. The molecule has 19 heavy (non-hydrogen) atoms. The van der Waals surface area contributed by atoms with Crippen molar-refractivity contribution in [3.63, 3.8) is 0 Å². The maximum absolute atomic E-state index is 8.48. The van der Waals surface area contributed by atoms with E-state index in [1.165, 1.54) is 0 Å². The van der Waals surface area contributed by atoms with Crippen LogP contribution in [0.15, 0.2) is 48.5 Å². The molecule has 4 nitrogen and oxygen atoms in total. The molecule has 2 rings (SSSR count). The molecule has 2 aromatic rings. The molecule has 0 spiro atoms. The smallest absolute Gasteiger partial charge is 0.292 e. The molecular weight excluding hydrogens is 240 g/mol. The Morgan fingerprint density at radius 2 is 1.26 bits per heavy atom. The van der Waals surface area contributed by atoms with Gasteiger partial charge in [0.2, 0.25) is 0 Å². The Kier molecular flexibility index (Phi) is 4.00. The van der Waals surface area contributed by atoms with Gasteiger partial charge in [-0.25, -0.2) is 0 Å². The van der Waals surface area contributed by atoms with E-state index in [0.29, 0.717) is 17.9 Å². The van der Waals surface area contributed by atoms with Crippen molar-refractivity contribution in [2.45, 2.75) is 6.42 Å². The highest BCUT2D eigenvalue weighted by Gasteiger charge is 2.01. The molecule has 0 heterocycles. The highest BCUT2D eigenvalue weighted by molar-refractivity contribution is 5.36. The molecule has 0 saturated heterocycles. The molecule has 0 atom stereocenters. The van der Waals surface area contributed by atoms with Gasteiger partial charge in [0.25, 0.3) is 12.5 Å². The summed E-state index contributed by atoms with van der Waals surface area (Å²) < 4.78 is 9.57. The fraction of sp³-hybridized carbons (Fsp3) is 0.0667. The number of benzene rings is 2. The minimum Gasteiger partial charge on any atom is -0.388 e. The highest BCUT2D eigenvalue weighted by Crippen LogP contribution is 2.19. The Labute approximate surface area is 111 Å². The first-order chi connectivity index (χ1) is 9.31. The molecule has 0 saturated carbocycles. The lowest BCUT2D eigenvalue weighted by Gasteiger charge is -2.04. The summed E-state index contributed by atoms with van der Waals surface area (Å²) in [5, 5.41) is 17.0. The monoisotopic (exact) mass is 250 g/mol. The zero-order chi connectivity index (χ0) is 13.5. The minimum atomic E-state index is 0.518. The normalized spacial score (nSPS) is 9.16. The second-order valence-corrected chi connectivity index (χ2v) is 3.86. The van der Waals surface area contributed by atoms with Gasteiger partial charge in [-0.15, -0.1) is 10.5 Å². The van der Waals surface area contributed by atoms with E-state index in [4.69, 9.17) is 20.0 Å². The van der Waals surface area contributed by atoms with Gasteiger partial charge in [0.05, 0.1) is 0 Å². The van der Waals surface area contributed by atoms with E-state index in [2.05, 4.69) is 0 Å². The second kappa shape index (κ2) is 6.09.